The summed E-state index contributed by atoms with van der Waals surface area (Å²) in [6, 6.07) is 11.4. The standard InChI is InChI=1S/C23H31N7/c1-16(2)30-17(3)26-13-22(30)21-9-11-25-23(28-21)27-19-7-5-18(6-8-19)14-29-12-10-20(15-29)24-4/h5-9,11,13,16,20,24H,10,12,14-15H2,1-4H3,(H,25,27,28)/t20-/m1/s1. The summed E-state index contributed by atoms with van der Waals surface area (Å²) in [4.78, 5) is 16.1. The van der Waals surface area contributed by atoms with Gasteiger partial charge in [-0.15, -0.1) is 0 Å². The number of nitrogens with zero attached hydrogens (tertiary/aromatic N) is 5. The predicted octanol–water partition coefficient (Wildman–Crippen LogP) is 3.77. The zero-order chi connectivity index (χ0) is 21.1. The van der Waals surface area contributed by atoms with Crippen LogP contribution in [0.5, 0.6) is 0 Å². The molecule has 0 amide bonds. The van der Waals surface area contributed by atoms with E-state index in [0.29, 0.717) is 18.0 Å². The maximum absolute atomic E-state index is 4.72. The minimum absolute atomic E-state index is 0.320. The predicted molar refractivity (Wildman–Crippen MR) is 121 cm³/mol. The van der Waals surface area contributed by atoms with Crippen LogP contribution in [0.1, 0.15) is 37.7 Å². The highest BCUT2D eigenvalue weighted by Crippen LogP contribution is 2.24. The number of nitrogens with one attached hydrogen (secondary N) is 2. The molecule has 30 heavy (non-hydrogen) atoms. The van der Waals surface area contributed by atoms with Gasteiger partial charge in [-0.2, -0.15) is 0 Å². The monoisotopic (exact) mass is 405 g/mol. The number of likely N-dealkylation sites (tertiary alicyclic amines) is 1. The van der Waals surface area contributed by atoms with Crippen LogP contribution in [0.2, 0.25) is 0 Å². The Morgan fingerprint density at radius 1 is 1.13 bits per heavy atom. The third kappa shape index (κ3) is 4.52. The van der Waals surface area contributed by atoms with Gasteiger partial charge in [-0.05, 0) is 58.0 Å². The maximum Gasteiger partial charge on any atom is 0.227 e. The van der Waals surface area contributed by atoms with Crippen molar-refractivity contribution >= 4 is 11.6 Å². The first-order valence-corrected chi connectivity index (χ1v) is 10.7. The lowest BCUT2D eigenvalue weighted by atomic mass is 10.2. The van der Waals surface area contributed by atoms with Crippen molar-refractivity contribution in [1.29, 1.82) is 0 Å². The summed E-state index contributed by atoms with van der Waals surface area (Å²) in [6.07, 6.45) is 4.89. The highest BCUT2D eigenvalue weighted by atomic mass is 15.2. The summed E-state index contributed by atoms with van der Waals surface area (Å²) in [5.41, 5.74) is 4.18. The second kappa shape index (κ2) is 8.93. The van der Waals surface area contributed by atoms with E-state index in [1.165, 1.54) is 12.0 Å². The number of likely N-dealkylation sites (N-methyl/N-ethyl adjacent to an activating group) is 1. The number of anilines is 2. The van der Waals surface area contributed by atoms with E-state index in [2.05, 4.69) is 68.2 Å². The number of imidazole rings is 1. The molecule has 1 atom stereocenters. The molecule has 1 fully saturated rings. The number of aromatic nitrogens is 4. The Labute approximate surface area is 178 Å². The molecule has 7 nitrogen and oxygen atoms in total. The van der Waals surface area contributed by atoms with E-state index >= 15 is 0 Å². The van der Waals surface area contributed by atoms with E-state index in [4.69, 9.17) is 4.98 Å². The van der Waals surface area contributed by atoms with Crippen molar-refractivity contribution in [3.63, 3.8) is 0 Å². The maximum atomic E-state index is 4.72. The highest BCUT2D eigenvalue weighted by molar-refractivity contribution is 5.59. The normalized spacial score (nSPS) is 17.0. The lowest BCUT2D eigenvalue weighted by Gasteiger charge is -2.16. The molecular formula is C23H31N7. The Hall–Kier alpha value is -2.77. The molecule has 0 spiro atoms. The molecule has 3 aromatic rings. The number of hydrogen-bond donors (Lipinski definition) is 2. The Morgan fingerprint density at radius 3 is 2.63 bits per heavy atom. The van der Waals surface area contributed by atoms with Gasteiger partial charge in [0.05, 0.1) is 17.6 Å². The van der Waals surface area contributed by atoms with Crippen LogP contribution in [0.3, 0.4) is 0 Å². The van der Waals surface area contributed by atoms with Gasteiger partial charge in [0.15, 0.2) is 0 Å². The van der Waals surface area contributed by atoms with Gasteiger partial charge in [-0.1, -0.05) is 12.1 Å². The molecule has 0 unspecified atom stereocenters. The van der Waals surface area contributed by atoms with Crippen LogP contribution in [-0.2, 0) is 6.54 Å². The van der Waals surface area contributed by atoms with Crippen molar-refractivity contribution in [2.45, 2.75) is 45.8 Å². The van der Waals surface area contributed by atoms with E-state index in [0.717, 1.165) is 42.5 Å². The van der Waals surface area contributed by atoms with E-state index in [-0.39, 0.29) is 0 Å². The molecule has 1 aliphatic rings. The molecule has 158 valence electrons. The van der Waals surface area contributed by atoms with Gasteiger partial charge >= 0.3 is 0 Å². The Balaban J connectivity index is 1.44. The zero-order valence-corrected chi connectivity index (χ0v) is 18.3. The van der Waals surface area contributed by atoms with E-state index < -0.39 is 0 Å². The second-order valence-electron chi connectivity index (χ2n) is 8.25. The Kier molecular flexibility index (Phi) is 6.11. The lowest BCUT2D eigenvalue weighted by molar-refractivity contribution is 0.322. The average molecular weight is 406 g/mol. The summed E-state index contributed by atoms with van der Waals surface area (Å²) in [6.45, 7) is 9.58. The molecule has 0 saturated carbocycles. The van der Waals surface area contributed by atoms with Gasteiger partial charge in [-0.3, -0.25) is 4.90 Å². The quantitative estimate of drug-likeness (QED) is 0.624. The summed E-state index contributed by atoms with van der Waals surface area (Å²) in [5.74, 6) is 1.58. The van der Waals surface area contributed by atoms with Gasteiger partial charge in [0.1, 0.15) is 5.82 Å². The van der Waals surface area contributed by atoms with E-state index in [1.807, 2.05) is 26.2 Å². The first-order valence-electron chi connectivity index (χ1n) is 10.7. The molecule has 0 aliphatic carbocycles. The zero-order valence-electron chi connectivity index (χ0n) is 18.3. The van der Waals surface area contributed by atoms with Crippen LogP contribution in [-0.4, -0.2) is 50.6 Å². The van der Waals surface area contributed by atoms with Gasteiger partial charge < -0.3 is 15.2 Å². The third-order valence-electron chi connectivity index (χ3n) is 5.71. The van der Waals surface area contributed by atoms with Crippen molar-refractivity contribution in [1.82, 2.24) is 29.7 Å². The minimum atomic E-state index is 0.320. The highest BCUT2D eigenvalue weighted by Gasteiger charge is 2.20. The van der Waals surface area contributed by atoms with Crippen molar-refractivity contribution < 1.29 is 0 Å². The fourth-order valence-corrected chi connectivity index (χ4v) is 4.15. The molecular weight excluding hydrogens is 374 g/mol. The fourth-order valence-electron chi connectivity index (χ4n) is 4.15. The van der Waals surface area contributed by atoms with E-state index in [9.17, 15) is 0 Å². The van der Waals surface area contributed by atoms with Crippen molar-refractivity contribution in [2.75, 3.05) is 25.5 Å². The average Bonchev–Trinajstić information content (AvgIpc) is 3.36. The summed E-state index contributed by atoms with van der Waals surface area (Å²) < 4.78 is 2.19. The number of benzene rings is 1. The fraction of sp³-hybridized carbons (Fsp3) is 0.435. The SMILES string of the molecule is CN[C@@H]1CCN(Cc2ccc(Nc3nccc(-c4cnc(C)n4C(C)C)n3)cc2)C1. The number of aryl methyl sites for hydroxylation is 1. The molecule has 2 N–H and O–H groups in total. The van der Waals surface area contributed by atoms with Crippen LogP contribution in [0.25, 0.3) is 11.4 Å². The van der Waals surface area contributed by atoms with Gasteiger partial charge in [-0.25, -0.2) is 15.0 Å². The van der Waals surface area contributed by atoms with Crippen LogP contribution in [0.4, 0.5) is 11.6 Å². The van der Waals surface area contributed by atoms with Gasteiger partial charge in [0.25, 0.3) is 0 Å². The second-order valence-corrected chi connectivity index (χ2v) is 8.25. The first-order chi connectivity index (χ1) is 14.5. The number of hydrogen-bond acceptors (Lipinski definition) is 6. The van der Waals surface area contributed by atoms with Crippen LogP contribution >= 0.6 is 0 Å². The van der Waals surface area contributed by atoms with Crippen molar-refractivity contribution in [3.8, 4) is 11.4 Å². The molecule has 1 aromatic carbocycles. The topological polar surface area (TPSA) is 70.9 Å². The Bertz CT molecular complexity index is 977. The first kappa shape index (κ1) is 20.5. The van der Waals surface area contributed by atoms with Crippen LogP contribution < -0.4 is 10.6 Å². The van der Waals surface area contributed by atoms with Gasteiger partial charge in [0.2, 0.25) is 5.95 Å². The molecule has 4 rings (SSSR count). The van der Waals surface area contributed by atoms with Crippen LogP contribution in [0, 0.1) is 6.92 Å². The third-order valence-corrected chi connectivity index (χ3v) is 5.71. The number of rotatable bonds is 7. The largest absolute Gasteiger partial charge is 0.324 e. The molecule has 1 saturated heterocycles. The molecule has 0 radical (unpaired) electrons. The molecule has 0 bridgehead atoms. The van der Waals surface area contributed by atoms with Crippen LogP contribution in [0.15, 0.2) is 42.7 Å². The van der Waals surface area contributed by atoms with E-state index in [1.54, 1.807) is 6.20 Å². The van der Waals surface area contributed by atoms with Gasteiger partial charge in [0, 0.05) is 43.6 Å². The lowest BCUT2D eigenvalue weighted by Crippen LogP contribution is -2.29. The smallest absolute Gasteiger partial charge is 0.227 e. The molecule has 3 heterocycles. The molecule has 1 aliphatic heterocycles. The van der Waals surface area contributed by atoms with Crippen molar-refractivity contribution in [3.05, 3.63) is 54.1 Å². The van der Waals surface area contributed by atoms with Crippen molar-refractivity contribution in [2.24, 2.45) is 0 Å². The molecule has 2 aromatic heterocycles. The summed E-state index contributed by atoms with van der Waals surface area (Å²) in [7, 11) is 2.05. The molecule has 7 heteroatoms. The Morgan fingerprint density at radius 2 is 1.93 bits per heavy atom. The summed E-state index contributed by atoms with van der Waals surface area (Å²) in [5, 5.41) is 6.70. The summed E-state index contributed by atoms with van der Waals surface area (Å²) >= 11 is 0. The minimum Gasteiger partial charge on any atom is -0.324 e.